The number of nitrogens with one attached hydrogen (secondary N) is 1. The second-order valence-corrected chi connectivity index (χ2v) is 4.78. The van der Waals surface area contributed by atoms with Crippen molar-refractivity contribution in [2.24, 2.45) is 0 Å². The minimum absolute atomic E-state index is 0.727. The molecule has 0 aliphatic carbocycles. The first-order valence-electron chi connectivity index (χ1n) is 6.89. The first-order valence-corrected chi connectivity index (χ1v) is 6.89. The third kappa shape index (κ3) is 3.44. The van der Waals surface area contributed by atoms with E-state index in [0.29, 0.717) is 0 Å². The number of hydrogen-bond acceptors (Lipinski definition) is 3. The zero-order valence-corrected chi connectivity index (χ0v) is 11.5. The highest BCUT2D eigenvalue weighted by atomic mass is 15.3. The van der Waals surface area contributed by atoms with Crippen molar-refractivity contribution in [1.29, 1.82) is 0 Å². The largest absolute Gasteiger partial charge is 0.318 e. The minimum atomic E-state index is 0.727. The smallest absolute Gasteiger partial charge is 0.0235 e. The van der Waals surface area contributed by atoms with Crippen LogP contribution in [0.5, 0.6) is 0 Å². The van der Waals surface area contributed by atoms with Gasteiger partial charge in [-0.2, -0.15) is 0 Å². The molecule has 3 nitrogen and oxygen atoms in total. The van der Waals surface area contributed by atoms with Gasteiger partial charge in [0.25, 0.3) is 0 Å². The molecule has 0 amide bonds. The van der Waals surface area contributed by atoms with Gasteiger partial charge in [0.15, 0.2) is 0 Å². The van der Waals surface area contributed by atoms with Crippen molar-refractivity contribution in [3.63, 3.8) is 0 Å². The van der Waals surface area contributed by atoms with E-state index in [9.17, 15) is 0 Å². The van der Waals surface area contributed by atoms with Gasteiger partial charge in [0.2, 0.25) is 0 Å². The van der Waals surface area contributed by atoms with Crippen LogP contribution < -0.4 is 5.32 Å². The molecule has 2 atom stereocenters. The van der Waals surface area contributed by atoms with Crippen LogP contribution in [0.3, 0.4) is 0 Å². The molecule has 0 bridgehead atoms. The molecule has 2 unspecified atom stereocenters. The molecule has 1 aliphatic heterocycles. The summed E-state index contributed by atoms with van der Waals surface area (Å²) in [6.45, 7) is 12.9. The summed E-state index contributed by atoms with van der Waals surface area (Å²) >= 11 is 0. The van der Waals surface area contributed by atoms with Gasteiger partial charge >= 0.3 is 0 Å². The average molecular weight is 227 g/mol. The Kier molecular flexibility index (Phi) is 6.32. The summed E-state index contributed by atoms with van der Waals surface area (Å²) in [6, 6.07) is 1.52. The highest BCUT2D eigenvalue weighted by Gasteiger charge is 2.29. The minimum Gasteiger partial charge on any atom is -0.318 e. The summed E-state index contributed by atoms with van der Waals surface area (Å²) in [5.74, 6) is 0. The van der Waals surface area contributed by atoms with E-state index in [1.54, 1.807) is 0 Å². The molecule has 0 aromatic rings. The SMILES string of the molecule is CCC(CNC)N1CCC(N(CC)CC)C1. The predicted molar refractivity (Wildman–Crippen MR) is 70.9 cm³/mol. The van der Waals surface area contributed by atoms with Crippen LogP contribution in [0, 0.1) is 0 Å². The second kappa shape index (κ2) is 7.25. The molecule has 0 aromatic carbocycles. The van der Waals surface area contributed by atoms with Crippen molar-refractivity contribution >= 4 is 0 Å². The van der Waals surface area contributed by atoms with Crippen LogP contribution >= 0.6 is 0 Å². The number of hydrogen-bond donors (Lipinski definition) is 1. The van der Waals surface area contributed by atoms with Gasteiger partial charge in [0, 0.05) is 31.7 Å². The zero-order chi connectivity index (χ0) is 12.0. The number of nitrogens with zero attached hydrogens (tertiary/aromatic N) is 2. The van der Waals surface area contributed by atoms with E-state index in [1.807, 2.05) is 0 Å². The van der Waals surface area contributed by atoms with E-state index in [-0.39, 0.29) is 0 Å². The van der Waals surface area contributed by atoms with Crippen LogP contribution in [-0.2, 0) is 0 Å². The molecule has 0 aromatic heterocycles. The van der Waals surface area contributed by atoms with Gasteiger partial charge < -0.3 is 5.32 Å². The third-order valence-corrected chi connectivity index (χ3v) is 3.95. The molecule has 0 saturated carbocycles. The number of likely N-dealkylation sites (N-methyl/N-ethyl adjacent to an activating group) is 2. The lowest BCUT2D eigenvalue weighted by atomic mass is 10.2. The Morgan fingerprint density at radius 3 is 2.50 bits per heavy atom. The maximum Gasteiger partial charge on any atom is 0.0235 e. The molecule has 3 heteroatoms. The van der Waals surface area contributed by atoms with Crippen LogP contribution in [-0.4, -0.2) is 61.7 Å². The molecule has 1 saturated heterocycles. The van der Waals surface area contributed by atoms with Gasteiger partial charge in [0.1, 0.15) is 0 Å². The topological polar surface area (TPSA) is 18.5 Å². The van der Waals surface area contributed by atoms with E-state index in [4.69, 9.17) is 0 Å². The predicted octanol–water partition coefficient (Wildman–Crippen LogP) is 1.40. The monoisotopic (exact) mass is 227 g/mol. The lowest BCUT2D eigenvalue weighted by Crippen LogP contribution is -2.43. The molecule has 96 valence electrons. The van der Waals surface area contributed by atoms with Gasteiger partial charge in [-0.1, -0.05) is 20.8 Å². The number of rotatable bonds is 7. The highest BCUT2D eigenvalue weighted by Crippen LogP contribution is 2.18. The van der Waals surface area contributed by atoms with Crippen molar-refractivity contribution in [3.8, 4) is 0 Å². The Labute approximate surface area is 101 Å². The van der Waals surface area contributed by atoms with E-state index < -0.39 is 0 Å². The molecule has 0 radical (unpaired) electrons. The van der Waals surface area contributed by atoms with Crippen molar-refractivity contribution in [3.05, 3.63) is 0 Å². The number of likely N-dealkylation sites (tertiary alicyclic amines) is 1. The summed E-state index contributed by atoms with van der Waals surface area (Å²) in [6.07, 6.45) is 2.60. The molecule has 16 heavy (non-hydrogen) atoms. The first-order chi connectivity index (χ1) is 7.76. The molecule has 1 fully saturated rings. The van der Waals surface area contributed by atoms with Gasteiger partial charge in [-0.3, -0.25) is 9.80 Å². The first kappa shape index (κ1) is 13.9. The fraction of sp³-hybridized carbons (Fsp3) is 1.00. The van der Waals surface area contributed by atoms with Crippen molar-refractivity contribution in [2.45, 2.75) is 45.7 Å². The second-order valence-electron chi connectivity index (χ2n) is 4.78. The quantitative estimate of drug-likeness (QED) is 0.709. The Balaban J connectivity index is 2.43. The Bertz CT molecular complexity index is 180. The third-order valence-electron chi connectivity index (χ3n) is 3.95. The lowest BCUT2D eigenvalue weighted by Gasteiger charge is -2.29. The molecule has 1 aliphatic rings. The Morgan fingerprint density at radius 1 is 1.31 bits per heavy atom. The van der Waals surface area contributed by atoms with E-state index in [1.165, 1.54) is 39.0 Å². The van der Waals surface area contributed by atoms with Crippen LogP contribution in [0.2, 0.25) is 0 Å². The van der Waals surface area contributed by atoms with Gasteiger partial charge in [-0.15, -0.1) is 0 Å². The fourth-order valence-corrected chi connectivity index (χ4v) is 2.91. The van der Waals surface area contributed by atoms with Crippen molar-refractivity contribution in [1.82, 2.24) is 15.1 Å². The molecular formula is C13H29N3. The lowest BCUT2D eigenvalue weighted by molar-refractivity contribution is 0.183. The van der Waals surface area contributed by atoms with Gasteiger partial charge in [-0.05, 0) is 33.0 Å². The van der Waals surface area contributed by atoms with E-state index in [2.05, 4.69) is 42.9 Å². The summed E-state index contributed by atoms with van der Waals surface area (Å²) in [4.78, 5) is 5.27. The zero-order valence-electron chi connectivity index (χ0n) is 11.5. The summed E-state index contributed by atoms with van der Waals surface area (Å²) in [5.41, 5.74) is 0. The highest BCUT2D eigenvalue weighted by molar-refractivity contribution is 4.86. The molecule has 1 heterocycles. The summed E-state index contributed by atoms with van der Waals surface area (Å²) in [7, 11) is 2.06. The van der Waals surface area contributed by atoms with Crippen molar-refractivity contribution < 1.29 is 0 Å². The van der Waals surface area contributed by atoms with E-state index in [0.717, 1.165) is 18.6 Å². The Morgan fingerprint density at radius 2 is 2.00 bits per heavy atom. The average Bonchev–Trinajstić information content (AvgIpc) is 2.77. The van der Waals surface area contributed by atoms with Crippen LogP contribution in [0.25, 0.3) is 0 Å². The van der Waals surface area contributed by atoms with E-state index >= 15 is 0 Å². The van der Waals surface area contributed by atoms with Crippen LogP contribution in [0.4, 0.5) is 0 Å². The summed E-state index contributed by atoms with van der Waals surface area (Å²) < 4.78 is 0. The maximum atomic E-state index is 3.31. The fourth-order valence-electron chi connectivity index (χ4n) is 2.91. The molecule has 0 spiro atoms. The summed E-state index contributed by atoms with van der Waals surface area (Å²) in [5, 5.41) is 3.31. The van der Waals surface area contributed by atoms with Crippen LogP contribution in [0.15, 0.2) is 0 Å². The molecular weight excluding hydrogens is 198 g/mol. The van der Waals surface area contributed by atoms with Crippen molar-refractivity contribution in [2.75, 3.05) is 39.8 Å². The molecule has 1 N–H and O–H groups in total. The van der Waals surface area contributed by atoms with Gasteiger partial charge in [-0.25, -0.2) is 0 Å². The molecule has 1 rings (SSSR count). The maximum absolute atomic E-state index is 3.31. The Hall–Kier alpha value is -0.120. The standard InChI is InChI=1S/C13H29N3/c1-5-12(10-14-4)16-9-8-13(11-16)15(6-2)7-3/h12-14H,5-11H2,1-4H3. The normalized spacial score (nSPS) is 24.2. The van der Waals surface area contributed by atoms with Crippen LogP contribution in [0.1, 0.15) is 33.6 Å². The van der Waals surface area contributed by atoms with Gasteiger partial charge in [0.05, 0.1) is 0 Å².